The van der Waals surface area contributed by atoms with Crippen LogP contribution in [-0.4, -0.2) is 0 Å². The topological polar surface area (TPSA) is 0 Å². The molecule has 0 spiro atoms. The molecule has 0 bridgehead atoms. The van der Waals surface area contributed by atoms with Crippen LogP contribution in [0.4, 0.5) is 0 Å². The Bertz CT molecular complexity index is 486. The molecule has 0 saturated heterocycles. The van der Waals surface area contributed by atoms with E-state index < -0.39 is 0 Å². The molecule has 1 aliphatic rings. The van der Waals surface area contributed by atoms with Crippen LogP contribution in [0.15, 0.2) is 35.2 Å². The minimum Gasteiger partial charge on any atom is -0.121 e. The molecule has 0 atom stereocenters. The molecular formula is C12H10S. The highest BCUT2D eigenvalue weighted by atomic mass is 32.2. The van der Waals surface area contributed by atoms with E-state index in [2.05, 4.69) is 37.3 Å². The lowest BCUT2D eigenvalue weighted by atomic mass is 10.0. The van der Waals surface area contributed by atoms with E-state index in [1.807, 2.05) is 11.8 Å². The summed E-state index contributed by atoms with van der Waals surface area (Å²) in [4.78, 5) is 1.47. The number of fused-ring (bicyclic) bond motifs is 2. The van der Waals surface area contributed by atoms with Crippen molar-refractivity contribution in [2.24, 2.45) is 0 Å². The number of hydrogen-bond acceptors (Lipinski definition) is 1. The van der Waals surface area contributed by atoms with Gasteiger partial charge in [0.1, 0.15) is 0 Å². The zero-order valence-electron chi connectivity index (χ0n) is 7.50. The van der Waals surface area contributed by atoms with Crippen molar-refractivity contribution in [1.29, 1.82) is 0 Å². The maximum atomic E-state index is 2.33. The Morgan fingerprint density at radius 3 is 2.77 bits per heavy atom. The van der Waals surface area contributed by atoms with Gasteiger partial charge in [-0.05, 0) is 35.4 Å². The Balaban J connectivity index is 2.38. The fourth-order valence-electron chi connectivity index (χ4n) is 1.77. The molecule has 2 aromatic carbocycles. The number of aryl methyl sites for hydroxylation is 1. The van der Waals surface area contributed by atoms with Gasteiger partial charge in [-0.2, -0.15) is 0 Å². The average molecular weight is 186 g/mol. The molecule has 0 saturated carbocycles. The highest BCUT2D eigenvalue weighted by molar-refractivity contribution is 8.00. The molecule has 2 aromatic rings. The lowest BCUT2D eigenvalue weighted by molar-refractivity contribution is 1.22. The largest absolute Gasteiger partial charge is 0.121 e. The molecule has 0 radical (unpaired) electrons. The van der Waals surface area contributed by atoms with Crippen LogP contribution in [0.5, 0.6) is 0 Å². The molecule has 0 fully saturated rings. The van der Waals surface area contributed by atoms with Crippen LogP contribution in [0.3, 0.4) is 0 Å². The minimum atomic E-state index is 1.19. The molecule has 13 heavy (non-hydrogen) atoms. The van der Waals surface area contributed by atoms with E-state index in [-0.39, 0.29) is 0 Å². The first-order chi connectivity index (χ1) is 6.33. The maximum Gasteiger partial charge on any atom is 0.0243 e. The number of thioether (sulfide) groups is 1. The fraction of sp³-hybridized carbons (Fsp3) is 0.167. The molecule has 0 amide bonds. The molecule has 0 N–H and O–H groups in total. The van der Waals surface area contributed by atoms with Gasteiger partial charge in [-0.1, -0.05) is 23.8 Å². The Hall–Kier alpha value is -0.950. The van der Waals surface area contributed by atoms with Gasteiger partial charge in [-0.25, -0.2) is 0 Å². The zero-order chi connectivity index (χ0) is 8.84. The van der Waals surface area contributed by atoms with E-state index in [1.165, 1.54) is 32.5 Å². The average Bonchev–Trinajstić information content (AvgIpc) is 2.09. The summed E-state index contributed by atoms with van der Waals surface area (Å²) in [6.07, 6.45) is 0. The second-order valence-electron chi connectivity index (χ2n) is 3.60. The van der Waals surface area contributed by atoms with Gasteiger partial charge in [0, 0.05) is 10.6 Å². The van der Waals surface area contributed by atoms with Crippen molar-refractivity contribution in [3.63, 3.8) is 0 Å². The van der Waals surface area contributed by atoms with Crippen LogP contribution < -0.4 is 0 Å². The van der Waals surface area contributed by atoms with Crippen molar-refractivity contribution in [2.45, 2.75) is 17.6 Å². The number of hydrogen-bond donors (Lipinski definition) is 0. The molecule has 1 heteroatoms. The highest BCUT2D eigenvalue weighted by Gasteiger charge is 2.13. The van der Waals surface area contributed by atoms with Gasteiger partial charge < -0.3 is 0 Å². The summed E-state index contributed by atoms with van der Waals surface area (Å²) in [6, 6.07) is 11.3. The molecule has 0 aliphatic carbocycles. The summed E-state index contributed by atoms with van der Waals surface area (Å²) < 4.78 is 0. The van der Waals surface area contributed by atoms with E-state index in [1.54, 1.807) is 0 Å². The van der Waals surface area contributed by atoms with Crippen molar-refractivity contribution in [1.82, 2.24) is 0 Å². The predicted octanol–water partition coefficient (Wildman–Crippen LogP) is 3.75. The first kappa shape index (κ1) is 7.45. The lowest BCUT2D eigenvalue weighted by Crippen LogP contribution is -1.95. The number of benzene rings is 2. The van der Waals surface area contributed by atoms with Gasteiger partial charge in [-0.15, -0.1) is 11.8 Å². The van der Waals surface area contributed by atoms with Gasteiger partial charge in [0.2, 0.25) is 0 Å². The Kier molecular flexibility index (Phi) is 1.44. The first-order valence-electron chi connectivity index (χ1n) is 4.49. The second kappa shape index (κ2) is 2.52. The summed E-state index contributed by atoms with van der Waals surface area (Å²) in [7, 11) is 0. The quantitative estimate of drug-likeness (QED) is 0.603. The van der Waals surface area contributed by atoms with Crippen LogP contribution in [0.25, 0.3) is 10.8 Å². The van der Waals surface area contributed by atoms with Crippen LogP contribution in [0.2, 0.25) is 0 Å². The van der Waals surface area contributed by atoms with Crippen LogP contribution in [-0.2, 0) is 5.75 Å². The minimum absolute atomic E-state index is 1.19. The van der Waals surface area contributed by atoms with Crippen molar-refractivity contribution < 1.29 is 0 Å². The molecular weight excluding hydrogens is 176 g/mol. The van der Waals surface area contributed by atoms with E-state index >= 15 is 0 Å². The van der Waals surface area contributed by atoms with E-state index in [4.69, 9.17) is 0 Å². The standard InChI is InChI=1S/C12H10S/c1-8-2-3-9-6-12-11(7-13-12)5-10(9)4-8/h2-6H,7H2,1H3. The highest BCUT2D eigenvalue weighted by Crippen LogP contribution is 2.40. The maximum absolute atomic E-state index is 2.33. The fourth-order valence-corrected chi connectivity index (χ4v) is 2.60. The molecule has 3 rings (SSSR count). The van der Waals surface area contributed by atoms with E-state index in [0.717, 1.165) is 0 Å². The molecule has 0 unspecified atom stereocenters. The van der Waals surface area contributed by atoms with Crippen molar-refractivity contribution >= 4 is 22.5 Å². The third kappa shape index (κ3) is 1.07. The molecule has 0 aromatic heterocycles. The summed E-state index contributed by atoms with van der Waals surface area (Å²) in [5, 5.41) is 2.76. The van der Waals surface area contributed by atoms with Gasteiger partial charge in [0.05, 0.1) is 0 Å². The number of rotatable bonds is 0. The van der Waals surface area contributed by atoms with Gasteiger partial charge in [0.15, 0.2) is 0 Å². The summed E-state index contributed by atoms with van der Waals surface area (Å²) in [6.45, 7) is 2.15. The second-order valence-corrected chi connectivity index (χ2v) is 4.62. The summed E-state index contributed by atoms with van der Waals surface area (Å²) >= 11 is 1.95. The smallest absolute Gasteiger partial charge is 0.0243 e. The predicted molar refractivity (Wildman–Crippen MR) is 58.2 cm³/mol. The van der Waals surface area contributed by atoms with E-state index in [9.17, 15) is 0 Å². The Morgan fingerprint density at radius 1 is 1.08 bits per heavy atom. The molecule has 0 nitrogen and oxygen atoms in total. The normalized spacial score (nSPS) is 13.9. The van der Waals surface area contributed by atoms with E-state index in [0.29, 0.717) is 0 Å². The van der Waals surface area contributed by atoms with Crippen LogP contribution in [0.1, 0.15) is 11.1 Å². The van der Waals surface area contributed by atoms with Crippen molar-refractivity contribution in [3.05, 3.63) is 41.5 Å². The SMILES string of the molecule is Cc1ccc2cc3c(cc2c1)CS3. The third-order valence-corrected chi connectivity index (χ3v) is 3.70. The van der Waals surface area contributed by atoms with Gasteiger partial charge >= 0.3 is 0 Å². The molecule has 1 aliphatic heterocycles. The molecule has 1 heterocycles. The monoisotopic (exact) mass is 186 g/mol. The van der Waals surface area contributed by atoms with Crippen molar-refractivity contribution in [3.8, 4) is 0 Å². The lowest BCUT2D eigenvalue weighted by Gasteiger charge is -2.18. The summed E-state index contributed by atoms with van der Waals surface area (Å²) in [5.41, 5.74) is 2.86. The van der Waals surface area contributed by atoms with Crippen LogP contribution >= 0.6 is 11.8 Å². The van der Waals surface area contributed by atoms with Gasteiger partial charge in [0.25, 0.3) is 0 Å². The van der Waals surface area contributed by atoms with Crippen LogP contribution in [0, 0.1) is 6.92 Å². The van der Waals surface area contributed by atoms with Gasteiger partial charge in [-0.3, -0.25) is 0 Å². The Labute approximate surface area is 82.0 Å². The Morgan fingerprint density at radius 2 is 2.00 bits per heavy atom. The van der Waals surface area contributed by atoms with Crippen molar-refractivity contribution in [2.75, 3.05) is 0 Å². The zero-order valence-corrected chi connectivity index (χ0v) is 8.32. The molecule has 64 valence electrons. The summed E-state index contributed by atoms with van der Waals surface area (Å²) in [5.74, 6) is 1.19. The first-order valence-corrected chi connectivity index (χ1v) is 5.47. The third-order valence-electron chi connectivity index (χ3n) is 2.56.